The first-order chi connectivity index (χ1) is 6.54. The van der Waals surface area contributed by atoms with Crippen LogP contribution in [-0.2, 0) is 16.0 Å². The molecule has 0 fully saturated rings. The first-order valence-electron chi connectivity index (χ1n) is 3.66. The minimum absolute atomic E-state index is 0.0826. The molecule has 0 aliphatic carbocycles. The van der Waals surface area contributed by atoms with Crippen LogP contribution in [0, 0.1) is 0 Å². The van der Waals surface area contributed by atoms with E-state index in [1.165, 1.54) is 7.11 Å². The van der Waals surface area contributed by atoms with E-state index in [1.807, 2.05) is 0 Å². The van der Waals surface area contributed by atoms with Crippen molar-refractivity contribution in [1.82, 2.24) is 9.71 Å². The minimum Gasteiger partial charge on any atom is -0.469 e. The van der Waals surface area contributed by atoms with E-state index in [1.54, 1.807) is 0 Å². The standard InChI is InChI=1S/C7H8N2O5/c1-14-6(11)3-4-2-5(10)9(13)7(12)8-4/h2,13H,3H2,1H3,(H,8,12). The molecule has 2 N–H and O–H groups in total. The molecule has 1 aromatic rings. The summed E-state index contributed by atoms with van der Waals surface area (Å²) in [5.41, 5.74) is -1.79. The highest BCUT2D eigenvalue weighted by Crippen LogP contribution is 1.89. The van der Waals surface area contributed by atoms with Crippen LogP contribution in [0.5, 0.6) is 0 Å². The fraction of sp³-hybridized carbons (Fsp3) is 0.286. The van der Waals surface area contributed by atoms with Gasteiger partial charge in [-0.25, -0.2) is 4.79 Å². The molecule has 0 bridgehead atoms. The maximum Gasteiger partial charge on any atom is 0.362 e. The monoisotopic (exact) mass is 200 g/mol. The number of nitrogens with zero attached hydrogens (tertiary/aromatic N) is 1. The molecule has 0 amide bonds. The number of hydrogen-bond donors (Lipinski definition) is 2. The summed E-state index contributed by atoms with van der Waals surface area (Å²) in [6.45, 7) is 0. The molecule has 0 radical (unpaired) electrons. The number of aromatic amines is 1. The number of esters is 1. The van der Waals surface area contributed by atoms with Crippen LogP contribution in [-0.4, -0.2) is 28.0 Å². The van der Waals surface area contributed by atoms with E-state index >= 15 is 0 Å². The lowest BCUT2D eigenvalue weighted by Gasteiger charge is -1.99. The Hall–Kier alpha value is -2.05. The molecule has 0 aliphatic heterocycles. The van der Waals surface area contributed by atoms with Crippen LogP contribution in [0.1, 0.15) is 5.69 Å². The van der Waals surface area contributed by atoms with Crippen molar-refractivity contribution in [1.29, 1.82) is 0 Å². The number of carbonyl (C=O) groups excluding carboxylic acids is 1. The quantitative estimate of drug-likeness (QED) is 0.446. The summed E-state index contributed by atoms with van der Waals surface area (Å²) in [5, 5.41) is 8.77. The average Bonchev–Trinajstić information content (AvgIpc) is 2.14. The number of carbonyl (C=O) groups is 1. The van der Waals surface area contributed by atoms with E-state index in [2.05, 4.69) is 9.72 Å². The van der Waals surface area contributed by atoms with E-state index < -0.39 is 17.2 Å². The zero-order valence-electron chi connectivity index (χ0n) is 7.31. The van der Waals surface area contributed by atoms with Crippen LogP contribution in [0.2, 0.25) is 0 Å². The summed E-state index contributed by atoms with van der Waals surface area (Å²) < 4.78 is 4.25. The summed E-state index contributed by atoms with van der Waals surface area (Å²) in [4.78, 5) is 34.6. The fourth-order valence-corrected chi connectivity index (χ4v) is 0.860. The lowest BCUT2D eigenvalue weighted by atomic mass is 10.3. The first-order valence-corrected chi connectivity index (χ1v) is 3.66. The first kappa shape index (κ1) is 10.0. The fourth-order valence-electron chi connectivity index (χ4n) is 0.860. The van der Waals surface area contributed by atoms with Gasteiger partial charge in [0.25, 0.3) is 5.56 Å². The molecule has 0 saturated carbocycles. The second kappa shape index (κ2) is 3.77. The summed E-state index contributed by atoms with van der Waals surface area (Å²) in [6.07, 6.45) is -0.220. The molecule has 76 valence electrons. The molecule has 14 heavy (non-hydrogen) atoms. The third-order valence-corrected chi connectivity index (χ3v) is 1.53. The van der Waals surface area contributed by atoms with Crippen molar-refractivity contribution in [3.05, 3.63) is 32.6 Å². The molecule has 7 nitrogen and oxygen atoms in total. The van der Waals surface area contributed by atoms with Gasteiger partial charge in [-0.3, -0.25) is 9.59 Å². The summed E-state index contributed by atoms with van der Waals surface area (Å²) in [7, 11) is 1.19. The lowest BCUT2D eigenvalue weighted by molar-refractivity contribution is -0.139. The normalized spacial score (nSPS) is 9.79. The van der Waals surface area contributed by atoms with Crippen molar-refractivity contribution in [3.8, 4) is 0 Å². The lowest BCUT2D eigenvalue weighted by Crippen LogP contribution is -2.34. The summed E-state index contributed by atoms with van der Waals surface area (Å²) >= 11 is 0. The van der Waals surface area contributed by atoms with Crippen LogP contribution in [0.25, 0.3) is 0 Å². The summed E-state index contributed by atoms with van der Waals surface area (Å²) in [6, 6.07) is 0.943. The number of ether oxygens (including phenoxy) is 1. The van der Waals surface area contributed by atoms with Crippen molar-refractivity contribution in [3.63, 3.8) is 0 Å². The van der Waals surface area contributed by atoms with Crippen LogP contribution < -0.4 is 11.2 Å². The van der Waals surface area contributed by atoms with Gasteiger partial charge in [-0.15, -0.1) is 0 Å². The molecule has 0 aromatic carbocycles. The molecule has 0 spiro atoms. The van der Waals surface area contributed by atoms with Gasteiger partial charge in [-0.2, -0.15) is 0 Å². The molecule has 0 saturated heterocycles. The number of hydrogen-bond acceptors (Lipinski definition) is 5. The van der Waals surface area contributed by atoms with Gasteiger partial charge in [0.05, 0.1) is 13.5 Å². The highest BCUT2D eigenvalue weighted by molar-refractivity contribution is 5.71. The van der Waals surface area contributed by atoms with Crippen molar-refractivity contribution in [2.45, 2.75) is 6.42 Å². The molecule has 0 unspecified atom stereocenters. The van der Waals surface area contributed by atoms with Crippen molar-refractivity contribution in [2.75, 3.05) is 7.11 Å². The second-order valence-electron chi connectivity index (χ2n) is 2.50. The third-order valence-electron chi connectivity index (χ3n) is 1.53. The number of nitrogens with one attached hydrogen (secondary N) is 1. The molecule has 1 heterocycles. The molecule has 1 aromatic heterocycles. The number of rotatable bonds is 2. The van der Waals surface area contributed by atoms with E-state index in [4.69, 9.17) is 5.21 Å². The number of methoxy groups -OCH3 is 1. The van der Waals surface area contributed by atoms with Gasteiger partial charge < -0.3 is 14.9 Å². The Morgan fingerprint density at radius 2 is 2.29 bits per heavy atom. The van der Waals surface area contributed by atoms with E-state index in [-0.39, 0.29) is 16.8 Å². The third kappa shape index (κ3) is 2.00. The molecular formula is C7H8N2O5. The Labute approximate surface area is 77.5 Å². The zero-order valence-corrected chi connectivity index (χ0v) is 7.31. The van der Waals surface area contributed by atoms with Gasteiger partial charge in [0.15, 0.2) is 0 Å². The van der Waals surface area contributed by atoms with Gasteiger partial charge in [0, 0.05) is 11.8 Å². The van der Waals surface area contributed by atoms with Crippen LogP contribution in [0.4, 0.5) is 0 Å². The predicted molar refractivity (Wildman–Crippen MR) is 44.2 cm³/mol. The maximum atomic E-state index is 10.9. The van der Waals surface area contributed by atoms with Crippen LogP contribution >= 0.6 is 0 Å². The molecule has 7 heteroatoms. The van der Waals surface area contributed by atoms with Crippen molar-refractivity contribution in [2.24, 2.45) is 0 Å². The van der Waals surface area contributed by atoms with E-state index in [0.717, 1.165) is 6.07 Å². The average molecular weight is 200 g/mol. The van der Waals surface area contributed by atoms with Crippen molar-refractivity contribution < 1.29 is 14.7 Å². The summed E-state index contributed by atoms with van der Waals surface area (Å²) in [5.74, 6) is -0.587. The Balaban J connectivity index is 3.08. The smallest absolute Gasteiger partial charge is 0.362 e. The molecule has 0 atom stereocenters. The molecule has 1 rings (SSSR count). The van der Waals surface area contributed by atoms with Gasteiger partial charge in [-0.05, 0) is 0 Å². The second-order valence-corrected chi connectivity index (χ2v) is 2.50. The Bertz CT molecular complexity index is 427. The van der Waals surface area contributed by atoms with E-state index in [0.29, 0.717) is 0 Å². The van der Waals surface area contributed by atoms with Crippen LogP contribution in [0.3, 0.4) is 0 Å². The number of aromatic nitrogens is 2. The Morgan fingerprint density at radius 1 is 1.64 bits per heavy atom. The molecular weight excluding hydrogens is 192 g/mol. The van der Waals surface area contributed by atoms with Crippen LogP contribution in [0.15, 0.2) is 15.7 Å². The van der Waals surface area contributed by atoms with Gasteiger partial charge >= 0.3 is 11.7 Å². The topological polar surface area (TPSA) is 101 Å². The van der Waals surface area contributed by atoms with Gasteiger partial charge in [0.1, 0.15) is 0 Å². The maximum absolute atomic E-state index is 10.9. The number of H-pyrrole nitrogens is 1. The largest absolute Gasteiger partial charge is 0.469 e. The van der Waals surface area contributed by atoms with E-state index in [9.17, 15) is 14.4 Å². The predicted octanol–water partition coefficient (Wildman–Crippen LogP) is -1.51. The van der Waals surface area contributed by atoms with Gasteiger partial charge in [-0.1, -0.05) is 4.73 Å². The zero-order chi connectivity index (χ0) is 10.7. The SMILES string of the molecule is COC(=O)Cc1cc(=O)n(O)c(=O)[nH]1. The Kier molecular flexibility index (Phi) is 2.70. The molecule has 0 aliphatic rings. The minimum atomic E-state index is -0.989. The highest BCUT2D eigenvalue weighted by atomic mass is 16.5. The van der Waals surface area contributed by atoms with Gasteiger partial charge in [0.2, 0.25) is 0 Å². The highest BCUT2D eigenvalue weighted by Gasteiger charge is 2.07. The Morgan fingerprint density at radius 3 is 2.79 bits per heavy atom. The van der Waals surface area contributed by atoms with Crippen molar-refractivity contribution >= 4 is 5.97 Å².